The Bertz CT molecular complexity index is 1000. The van der Waals surface area contributed by atoms with E-state index in [1.807, 2.05) is 19.0 Å². The number of piperidine rings is 1. The smallest absolute Gasteiger partial charge is 0.332 e. The van der Waals surface area contributed by atoms with E-state index < -0.39 is 0 Å². The van der Waals surface area contributed by atoms with Crippen LogP contribution in [-0.4, -0.2) is 58.4 Å². The van der Waals surface area contributed by atoms with Crippen LogP contribution in [0.4, 0.5) is 17.5 Å². The molecule has 9 heteroatoms. The van der Waals surface area contributed by atoms with Crippen LogP contribution in [-0.2, 0) is 14.1 Å². The third-order valence-electron chi connectivity index (χ3n) is 5.98. The number of aromatic nitrogens is 4. The van der Waals surface area contributed by atoms with E-state index in [1.165, 1.54) is 19.9 Å². The molecule has 9 nitrogen and oxygen atoms in total. The summed E-state index contributed by atoms with van der Waals surface area (Å²) in [5.74, 6) is 2.60. The maximum Gasteiger partial charge on any atom is 0.332 e. The molecule has 1 saturated heterocycles. The number of rotatable bonds is 5. The molecule has 4 rings (SSSR count). The molecule has 0 bridgehead atoms. The summed E-state index contributed by atoms with van der Waals surface area (Å²) in [7, 11) is 7.21. The minimum Gasteiger partial charge on any atom is -0.363 e. The van der Waals surface area contributed by atoms with Crippen LogP contribution in [0.15, 0.2) is 28.0 Å². The summed E-state index contributed by atoms with van der Waals surface area (Å²) in [5.41, 5.74) is -0.548. The number of nitrogens with zero attached hydrogens (tertiary/aromatic N) is 7. The predicted octanol–water partition coefficient (Wildman–Crippen LogP) is 0.578. The van der Waals surface area contributed by atoms with E-state index in [0.717, 1.165) is 42.1 Å². The highest BCUT2D eigenvalue weighted by molar-refractivity contribution is 5.52. The summed E-state index contributed by atoms with van der Waals surface area (Å²) in [6, 6.07) is 4.57. The Hall–Kier alpha value is -2.84. The van der Waals surface area contributed by atoms with Gasteiger partial charge >= 0.3 is 5.69 Å². The molecule has 0 radical (unpaired) electrons. The Labute approximate surface area is 170 Å². The second-order valence-electron chi connectivity index (χ2n) is 8.23. The normalized spacial score (nSPS) is 17.4. The average Bonchev–Trinajstić information content (AvgIpc) is 3.55. The zero-order valence-corrected chi connectivity index (χ0v) is 17.6. The first kappa shape index (κ1) is 19.5. The Balaban J connectivity index is 1.53. The quantitative estimate of drug-likeness (QED) is 0.728. The topological polar surface area (TPSA) is 79.5 Å². The molecular formula is C20H29N7O2. The average molecular weight is 399 g/mol. The van der Waals surface area contributed by atoms with Gasteiger partial charge in [0.2, 0.25) is 0 Å². The first-order valence-corrected chi connectivity index (χ1v) is 10.2. The van der Waals surface area contributed by atoms with Gasteiger partial charge < -0.3 is 14.7 Å². The van der Waals surface area contributed by atoms with Gasteiger partial charge in [-0.2, -0.15) is 0 Å². The van der Waals surface area contributed by atoms with Gasteiger partial charge in [-0.05, 0) is 25.7 Å². The summed E-state index contributed by atoms with van der Waals surface area (Å²) in [5, 5.41) is 0. The summed E-state index contributed by atoms with van der Waals surface area (Å²) < 4.78 is 2.71. The highest BCUT2D eigenvalue weighted by Gasteiger charge is 2.37. The fraction of sp³-hybridized carbons (Fsp3) is 0.600. The van der Waals surface area contributed by atoms with Crippen molar-refractivity contribution in [3.8, 4) is 0 Å². The minimum atomic E-state index is -0.286. The van der Waals surface area contributed by atoms with Crippen molar-refractivity contribution in [1.29, 1.82) is 0 Å². The summed E-state index contributed by atoms with van der Waals surface area (Å²) in [6.45, 7) is 1.61. The third-order valence-corrected chi connectivity index (χ3v) is 5.98. The van der Waals surface area contributed by atoms with E-state index in [2.05, 4.69) is 25.8 Å². The van der Waals surface area contributed by atoms with Crippen LogP contribution >= 0.6 is 0 Å². The standard InChI is InChI=1S/C20H29N7O2/c1-23(2)16-11-17(22-13-21-16)27(14-5-6-14)15-7-9-26(10-8-15)18-12-19(28)25(4)20(29)24(18)3/h11-15H,5-10H2,1-4H3. The molecule has 2 aromatic heterocycles. The second kappa shape index (κ2) is 7.53. The first-order valence-electron chi connectivity index (χ1n) is 10.2. The van der Waals surface area contributed by atoms with Gasteiger partial charge in [-0.25, -0.2) is 14.8 Å². The van der Waals surface area contributed by atoms with Gasteiger partial charge in [0.25, 0.3) is 5.56 Å². The number of anilines is 3. The molecular weight excluding hydrogens is 370 g/mol. The maximum atomic E-state index is 12.3. The van der Waals surface area contributed by atoms with Crippen molar-refractivity contribution < 1.29 is 0 Å². The number of hydrogen-bond acceptors (Lipinski definition) is 7. The van der Waals surface area contributed by atoms with Crippen molar-refractivity contribution in [2.45, 2.75) is 37.8 Å². The molecule has 0 amide bonds. The van der Waals surface area contributed by atoms with Crippen molar-refractivity contribution >= 4 is 17.5 Å². The molecule has 3 heterocycles. The highest BCUT2D eigenvalue weighted by Crippen LogP contribution is 2.36. The Kier molecular flexibility index (Phi) is 5.06. The summed E-state index contributed by atoms with van der Waals surface area (Å²) in [4.78, 5) is 39.9. The lowest BCUT2D eigenvalue weighted by Crippen LogP contribution is -2.48. The van der Waals surface area contributed by atoms with E-state index in [0.29, 0.717) is 17.9 Å². The summed E-state index contributed by atoms with van der Waals surface area (Å²) >= 11 is 0. The van der Waals surface area contributed by atoms with Crippen molar-refractivity contribution in [3.05, 3.63) is 39.3 Å². The van der Waals surface area contributed by atoms with Gasteiger partial charge in [-0.15, -0.1) is 0 Å². The monoisotopic (exact) mass is 399 g/mol. The lowest BCUT2D eigenvalue weighted by Gasteiger charge is -2.40. The molecule has 1 aliphatic heterocycles. The molecule has 0 atom stereocenters. The van der Waals surface area contributed by atoms with Crippen LogP contribution in [0.5, 0.6) is 0 Å². The lowest BCUT2D eigenvalue weighted by atomic mass is 10.0. The van der Waals surface area contributed by atoms with Crippen LogP contribution in [0.2, 0.25) is 0 Å². The molecule has 0 aromatic carbocycles. The molecule has 156 valence electrons. The van der Waals surface area contributed by atoms with Crippen LogP contribution in [0.3, 0.4) is 0 Å². The largest absolute Gasteiger partial charge is 0.363 e. The Morgan fingerprint density at radius 1 is 0.897 bits per heavy atom. The molecule has 1 aliphatic carbocycles. The van der Waals surface area contributed by atoms with Gasteiger partial charge in [-0.3, -0.25) is 13.9 Å². The SMILES string of the molecule is CN(C)c1cc(N(C2CC2)C2CCN(c3cc(=O)n(C)c(=O)n3C)CC2)ncn1. The lowest BCUT2D eigenvalue weighted by molar-refractivity contribution is 0.453. The van der Waals surface area contributed by atoms with Crippen LogP contribution in [0.25, 0.3) is 0 Å². The van der Waals surface area contributed by atoms with Crippen molar-refractivity contribution in [3.63, 3.8) is 0 Å². The van der Waals surface area contributed by atoms with Crippen molar-refractivity contribution in [1.82, 2.24) is 19.1 Å². The zero-order chi connectivity index (χ0) is 20.7. The molecule has 0 N–H and O–H groups in total. The molecule has 2 aliphatic rings. The Morgan fingerprint density at radius 2 is 1.52 bits per heavy atom. The van der Waals surface area contributed by atoms with Crippen molar-refractivity contribution in [2.75, 3.05) is 41.9 Å². The van der Waals surface area contributed by atoms with Gasteiger partial charge in [0, 0.05) is 65.5 Å². The molecule has 29 heavy (non-hydrogen) atoms. The van der Waals surface area contributed by atoms with E-state index in [4.69, 9.17) is 0 Å². The highest BCUT2D eigenvalue weighted by atomic mass is 16.2. The summed E-state index contributed by atoms with van der Waals surface area (Å²) in [6.07, 6.45) is 5.96. The van der Waals surface area contributed by atoms with Gasteiger partial charge in [0.1, 0.15) is 23.8 Å². The van der Waals surface area contributed by atoms with E-state index in [1.54, 1.807) is 24.0 Å². The zero-order valence-electron chi connectivity index (χ0n) is 17.6. The van der Waals surface area contributed by atoms with E-state index >= 15 is 0 Å². The molecule has 1 saturated carbocycles. The van der Waals surface area contributed by atoms with Crippen LogP contribution in [0, 0.1) is 0 Å². The van der Waals surface area contributed by atoms with E-state index in [9.17, 15) is 9.59 Å². The predicted molar refractivity (Wildman–Crippen MR) is 114 cm³/mol. The fourth-order valence-electron chi connectivity index (χ4n) is 4.15. The van der Waals surface area contributed by atoms with Crippen LogP contribution < -0.4 is 25.9 Å². The maximum absolute atomic E-state index is 12.3. The van der Waals surface area contributed by atoms with Crippen molar-refractivity contribution in [2.24, 2.45) is 14.1 Å². The molecule has 0 unspecified atom stereocenters. The fourth-order valence-corrected chi connectivity index (χ4v) is 4.15. The Morgan fingerprint density at radius 3 is 2.14 bits per heavy atom. The van der Waals surface area contributed by atoms with Gasteiger partial charge in [0.05, 0.1) is 0 Å². The minimum absolute atomic E-state index is 0.262. The van der Waals surface area contributed by atoms with Crippen LogP contribution in [0.1, 0.15) is 25.7 Å². The third kappa shape index (κ3) is 3.73. The van der Waals surface area contributed by atoms with Gasteiger partial charge in [0.15, 0.2) is 0 Å². The van der Waals surface area contributed by atoms with E-state index in [-0.39, 0.29) is 11.2 Å². The second-order valence-corrected chi connectivity index (χ2v) is 8.23. The first-order chi connectivity index (χ1) is 13.9. The molecule has 0 spiro atoms. The number of hydrogen-bond donors (Lipinski definition) is 0. The molecule has 2 fully saturated rings. The van der Waals surface area contributed by atoms with Gasteiger partial charge in [-0.1, -0.05) is 0 Å². The molecule has 2 aromatic rings.